The summed E-state index contributed by atoms with van der Waals surface area (Å²) in [5, 5.41) is 0.718. The summed E-state index contributed by atoms with van der Waals surface area (Å²) >= 11 is 5.88. The predicted octanol–water partition coefficient (Wildman–Crippen LogP) is 1.31. The van der Waals surface area contributed by atoms with Gasteiger partial charge in [-0.2, -0.15) is 0 Å². The molecule has 4 N–H and O–H groups in total. The SMILES string of the molecule is CN(CCN)Cc1cc(Cl)ccc1N. The summed E-state index contributed by atoms with van der Waals surface area (Å²) in [6.45, 7) is 2.28. The molecular formula is C10H16ClN3. The van der Waals surface area contributed by atoms with Crippen LogP contribution in [0.15, 0.2) is 18.2 Å². The third-order valence-electron chi connectivity index (χ3n) is 2.06. The maximum absolute atomic E-state index is 5.88. The van der Waals surface area contributed by atoms with Crippen molar-refractivity contribution in [2.45, 2.75) is 6.54 Å². The molecule has 0 atom stereocenters. The lowest BCUT2D eigenvalue weighted by atomic mass is 10.1. The van der Waals surface area contributed by atoms with Gasteiger partial charge in [0, 0.05) is 30.3 Å². The Bertz CT molecular complexity index is 301. The Morgan fingerprint density at radius 2 is 2.14 bits per heavy atom. The van der Waals surface area contributed by atoms with Gasteiger partial charge in [-0.1, -0.05) is 11.6 Å². The number of hydrogen-bond donors (Lipinski definition) is 2. The van der Waals surface area contributed by atoms with Crippen molar-refractivity contribution in [2.75, 3.05) is 25.9 Å². The second kappa shape index (κ2) is 5.20. The first kappa shape index (κ1) is 11.3. The highest BCUT2D eigenvalue weighted by molar-refractivity contribution is 6.30. The van der Waals surface area contributed by atoms with E-state index < -0.39 is 0 Å². The molecule has 0 saturated heterocycles. The first-order valence-electron chi connectivity index (χ1n) is 4.56. The Morgan fingerprint density at radius 3 is 2.79 bits per heavy atom. The molecule has 0 aliphatic carbocycles. The van der Waals surface area contributed by atoms with Gasteiger partial charge in [0.25, 0.3) is 0 Å². The summed E-state index contributed by atoms with van der Waals surface area (Å²) in [6.07, 6.45) is 0. The van der Waals surface area contributed by atoms with Crippen molar-refractivity contribution in [1.29, 1.82) is 0 Å². The van der Waals surface area contributed by atoms with Crippen molar-refractivity contribution >= 4 is 17.3 Å². The lowest BCUT2D eigenvalue weighted by Gasteiger charge is -2.16. The van der Waals surface area contributed by atoms with Gasteiger partial charge in [0.2, 0.25) is 0 Å². The summed E-state index contributed by atoms with van der Waals surface area (Å²) < 4.78 is 0. The molecule has 0 radical (unpaired) electrons. The van der Waals surface area contributed by atoms with Gasteiger partial charge < -0.3 is 16.4 Å². The molecule has 4 heteroatoms. The van der Waals surface area contributed by atoms with Crippen LogP contribution in [0.25, 0.3) is 0 Å². The Balaban J connectivity index is 2.70. The highest BCUT2D eigenvalue weighted by Crippen LogP contribution is 2.18. The number of nitrogens with two attached hydrogens (primary N) is 2. The summed E-state index contributed by atoms with van der Waals surface area (Å²) in [5.74, 6) is 0. The Morgan fingerprint density at radius 1 is 1.43 bits per heavy atom. The number of benzene rings is 1. The molecule has 0 amide bonds. The summed E-state index contributed by atoms with van der Waals surface area (Å²) in [7, 11) is 2.01. The number of anilines is 1. The highest BCUT2D eigenvalue weighted by atomic mass is 35.5. The molecule has 14 heavy (non-hydrogen) atoms. The fourth-order valence-electron chi connectivity index (χ4n) is 1.30. The molecule has 0 fully saturated rings. The summed E-state index contributed by atoms with van der Waals surface area (Å²) in [6, 6.07) is 5.52. The molecule has 1 aromatic rings. The number of hydrogen-bond acceptors (Lipinski definition) is 3. The van der Waals surface area contributed by atoms with E-state index in [-0.39, 0.29) is 0 Å². The van der Waals surface area contributed by atoms with Crippen molar-refractivity contribution in [3.05, 3.63) is 28.8 Å². The quantitative estimate of drug-likeness (QED) is 0.742. The maximum Gasteiger partial charge on any atom is 0.0410 e. The van der Waals surface area contributed by atoms with E-state index in [9.17, 15) is 0 Å². The molecule has 0 aliphatic rings. The van der Waals surface area contributed by atoms with Crippen LogP contribution < -0.4 is 11.5 Å². The smallest absolute Gasteiger partial charge is 0.0410 e. The average molecular weight is 214 g/mol. The van der Waals surface area contributed by atoms with E-state index in [0.29, 0.717) is 6.54 Å². The zero-order valence-corrected chi connectivity index (χ0v) is 9.09. The second-order valence-corrected chi connectivity index (χ2v) is 3.81. The first-order valence-corrected chi connectivity index (χ1v) is 4.94. The van der Waals surface area contributed by atoms with E-state index in [0.717, 1.165) is 29.4 Å². The predicted molar refractivity (Wildman–Crippen MR) is 61.3 cm³/mol. The number of likely N-dealkylation sites (N-methyl/N-ethyl adjacent to an activating group) is 1. The molecule has 0 aromatic heterocycles. The van der Waals surface area contributed by atoms with Gasteiger partial charge >= 0.3 is 0 Å². The van der Waals surface area contributed by atoms with Crippen LogP contribution in [0, 0.1) is 0 Å². The van der Waals surface area contributed by atoms with Crippen molar-refractivity contribution in [3.8, 4) is 0 Å². The Hall–Kier alpha value is -0.770. The Kier molecular flexibility index (Phi) is 4.20. The topological polar surface area (TPSA) is 55.3 Å². The van der Waals surface area contributed by atoms with E-state index in [1.54, 1.807) is 6.07 Å². The van der Waals surface area contributed by atoms with Crippen LogP contribution in [-0.2, 0) is 6.54 Å². The molecule has 3 nitrogen and oxygen atoms in total. The van der Waals surface area contributed by atoms with E-state index in [4.69, 9.17) is 23.1 Å². The number of nitrogen functional groups attached to an aromatic ring is 1. The van der Waals surface area contributed by atoms with Crippen molar-refractivity contribution in [2.24, 2.45) is 5.73 Å². The number of nitrogens with zero attached hydrogens (tertiary/aromatic N) is 1. The van der Waals surface area contributed by atoms with Crippen molar-refractivity contribution in [3.63, 3.8) is 0 Å². The third-order valence-corrected chi connectivity index (χ3v) is 2.29. The first-order chi connectivity index (χ1) is 6.63. The van der Waals surface area contributed by atoms with E-state index in [1.165, 1.54) is 0 Å². The lowest BCUT2D eigenvalue weighted by molar-refractivity contribution is 0.337. The molecule has 0 heterocycles. The fourth-order valence-corrected chi connectivity index (χ4v) is 1.50. The normalized spacial score (nSPS) is 10.9. The molecule has 0 aliphatic heterocycles. The van der Waals surface area contributed by atoms with Crippen LogP contribution >= 0.6 is 11.6 Å². The number of halogens is 1. The van der Waals surface area contributed by atoms with Crippen LogP contribution in [0.2, 0.25) is 5.02 Å². The minimum absolute atomic E-state index is 0.650. The van der Waals surface area contributed by atoms with Gasteiger partial charge in [-0.3, -0.25) is 0 Å². The summed E-state index contributed by atoms with van der Waals surface area (Å²) in [4.78, 5) is 2.11. The largest absolute Gasteiger partial charge is 0.398 e. The van der Waals surface area contributed by atoms with E-state index in [1.807, 2.05) is 19.2 Å². The van der Waals surface area contributed by atoms with Crippen LogP contribution in [-0.4, -0.2) is 25.0 Å². The monoisotopic (exact) mass is 213 g/mol. The highest BCUT2D eigenvalue weighted by Gasteiger charge is 2.03. The van der Waals surface area contributed by atoms with Crippen molar-refractivity contribution in [1.82, 2.24) is 4.90 Å². The van der Waals surface area contributed by atoms with Crippen LogP contribution in [0.5, 0.6) is 0 Å². The molecule has 0 spiro atoms. The maximum atomic E-state index is 5.88. The van der Waals surface area contributed by atoms with Gasteiger partial charge in [-0.15, -0.1) is 0 Å². The number of rotatable bonds is 4. The second-order valence-electron chi connectivity index (χ2n) is 3.37. The molecule has 1 aromatic carbocycles. The molecule has 0 saturated carbocycles. The van der Waals surface area contributed by atoms with Gasteiger partial charge in [-0.25, -0.2) is 0 Å². The third kappa shape index (κ3) is 3.18. The zero-order chi connectivity index (χ0) is 10.6. The minimum atomic E-state index is 0.650. The van der Waals surface area contributed by atoms with Gasteiger partial charge in [0.1, 0.15) is 0 Å². The van der Waals surface area contributed by atoms with E-state index in [2.05, 4.69) is 4.90 Å². The minimum Gasteiger partial charge on any atom is -0.398 e. The molecule has 78 valence electrons. The molecular weight excluding hydrogens is 198 g/mol. The van der Waals surface area contributed by atoms with Gasteiger partial charge in [0.15, 0.2) is 0 Å². The van der Waals surface area contributed by atoms with Gasteiger partial charge in [-0.05, 0) is 30.8 Å². The summed E-state index contributed by atoms with van der Waals surface area (Å²) in [5.41, 5.74) is 13.1. The Labute approximate surface area is 89.6 Å². The molecule has 1 rings (SSSR count). The zero-order valence-electron chi connectivity index (χ0n) is 8.33. The van der Waals surface area contributed by atoms with Crippen LogP contribution in [0.4, 0.5) is 5.69 Å². The van der Waals surface area contributed by atoms with Crippen LogP contribution in [0.1, 0.15) is 5.56 Å². The van der Waals surface area contributed by atoms with E-state index >= 15 is 0 Å². The molecule has 0 unspecified atom stereocenters. The van der Waals surface area contributed by atoms with Crippen LogP contribution in [0.3, 0.4) is 0 Å². The fraction of sp³-hybridized carbons (Fsp3) is 0.400. The van der Waals surface area contributed by atoms with Gasteiger partial charge in [0.05, 0.1) is 0 Å². The van der Waals surface area contributed by atoms with Crippen molar-refractivity contribution < 1.29 is 0 Å². The standard InChI is InChI=1S/C10H16ClN3/c1-14(5-4-12)7-8-6-9(11)2-3-10(8)13/h2-3,6H,4-5,7,12-13H2,1H3. The lowest BCUT2D eigenvalue weighted by Crippen LogP contribution is -2.25. The molecule has 0 bridgehead atoms. The average Bonchev–Trinajstić information content (AvgIpc) is 2.12.